The molecule has 11 nitrogen and oxygen atoms in total. The molecule has 1 fully saturated rings. The number of aliphatic carboxylic acids is 1. The Morgan fingerprint density at radius 1 is 1.16 bits per heavy atom. The number of aromatic nitrogens is 6. The predicted octanol–water partition coefficient (Wildman–Crippen LogP) is 2.77. The van der Waals surface area contributed by atoms with E-state index in [4.69, 9.17) is 10.7 Å². The van der Waals surface area contributed by atoms with Gasteiger partial charge in [-0.3, -0.25) is 14.7 Å². The standard InChI is InChI=1S/C26H25N9O2/c1-16(34-9-8-19(13-34)25(36)37)21-7-3-6-20(29-21)14-35-15-24(32-33-35)23-11-22(30-26(28)31-23)18-5-2-4-17(10-18)12-27/h2-7,10-11,15-16,19H,8-9,13-14H2,1H3,(H,36,37)(H2,28,30,31)/t16-,19?/m1/s1. The number of benzene rings is 1. The highest BCUT2D eigenvalue weighted by molar-refractivity contribution is 5.70. The molecule has 3 N–H and O–H groups in total. The zero-order valence-corrected chi connectivity index (χ0v) is 20.2. The van der Waals surface area contributed by atoms with Crippen molar-refractivity contribution < 1.29 is 9.90 Å². The van der Waals surface area contributed by atoms with Crippen molar-refractivity contribution in [1.82, 2.24) is 34.8 Å². The molecular weight excluding hydrogens is 470 g/mol. The van der Waals surface area contributed by atoms with E-state index in [0.717, 1.165) is 23.5 Å². The molecule has 0 saturated carbocycles. The van der Waals surface area contributed by atoms with Gasteiger partial charge in [0.2, 0.25) is 5.95 Å². The maximum Gasteiger partial charge on any atom is 0.307 e. The Morgan fingerprint density at radius 2 is 1.97 bits per heavy atom. The average molecular weight is 496 g/mol. The molecule has 2 atom stereocenters. The van der Waals surface area contributed by atoms with Crippen LogP contribution in [0.2, 0.25) is 0 Å². The Hall–Kier alpha value is -4.69. The Kier molecular flexibility index (Phi) is 6.57. The molecule has 1 saturated heterocycles. The highest BCUT2D eigenvalue weighted by Gasteiger charge is 2.31. The Labute approximate surface area is 213 Å². The van der Waals surface area contributed by atoms with Gasteiger partial charge in [0.15, 0.2) is 0 Å². The number of carboxylic acids is 1. The van der Waals surface area contributed by atoms with Gasteiger partial charge in [-0.1, -0.05) is 23.4 Å². The third-order valence-electron chi connectivity index (χ3n) is 6.53. The van der Waals surface area contributed by atoms with Gasteiger partial charge in [-0.2, -0.15) is 5.26 Å². The number of hydrogen-bond donors (Lipinski definition) is 2. The van der Waals surface area contributed by atoms with Crippen molar-refractivity contribution in [3.63, 3.8) is 0 Å². The minimum Gasteiger partial charge on any atom is -0.481 e. The lowest BCUT2D eigenvalue weighted by Gasteiger charge is -2.23. The van der Waals surface area contributed by atoms with E-state index in [1.807, 2.05) is 31.2 Å². The zero-order chi connectivity index (χ0) is 25.9. The zero-order valence-electron chi connectivity index (χ0n) is 20.2. The molecule has 0 aliphatic carbocycles. The molecule has 1 aliphatic heterocycles. The van der Waals surface area contributed by atoms with Crippen LogP contribution in [-0.4, -0.2) is 59.0 Å². The molecule has 0 bridgehead atoms. The molecule has 0 radical (unpaired) electrons. The third kappa shape index (κ3) is 5.29. The summed E-state index contributed by atoms with van der Waals surface area (Å²) in [5, 5.41) is 27.0. The fourth-order valence-electron chi connectivity index (χ4n) is 4.50. The monoisotopic (exact) mass is 495 g/mol. The van der Waals surface area contributed by atoms with Gasteiger partial charge in [0.05, 0.1) is 53.1 Å². The highest BCUT2D eigenvalue weighted by Crippen LogP contribution is 2.27. The van der Waals surface area contributed by atoms with E-state index in [2.05, 4.69) is 31.2 Å². The first-order chi connectivity index (χ1) is 17.9. The van der Waals surface area contributed by atoms with Crippen molar-refractivity contribution in [1.29, 1.82) is 5.26 Å². The number of nitriles is 1. The molecule has 0 spiro atoms. The summed E-state index contributed by atoms with van der Waals surface area (Å²) in [5.41, 5.74) is 10.6. The summed E-state index contributed by atoms with van der Waals surface area (Å²) in [6, 6.07) is 16.8. The number of pyridine rings is 1. The number of nitrogen functional groups attached to an aromatic ring is 1. The van der Waals surface area contributed by atoms with E-state index in [0.29, 0.717) is 42.2 Å². The quantitative estimate of drug-likeness (QED) is 0.390. The van der Waals surface area contributed by atoms with Crippen molar-refractivity contribution >= 4 is 11.9 Å². The average Bonchev–Trinajstić information content (AvgIpc) is 3.59. The van der Waals surface area contributed by atoms with Gasteiger partial charge < -0.3 is 10.8 Å². The molecule has 5 rings (SSSR count). The Morgan fingerprint density at radius 3 is 2.76 bits per heavy atom. The van der Waals surface area contributed by atoms with Crippen LogP contribution in [0.5, 0.6) is 0 Å². The SMILES string of the molecule is C[C@H](c1cccc(Cn2cc(-c3cc(-c4cccc(C#N)c4)nc(N)n3)nn2)n1)N1CCC(C(=O)O)C1. The fraction of sp³-hybridized carbons (Fsp3) is 0.269. The first kappa shape index (κ1) is 24.0. The van der Waals surface area contributed by atoms with Gasteiger partial charge in [-0.25, -0.2) is 14.6 Å². The van der Waals surface area contributed by atoms with E-state index in [1.165, 1.54) is 0 Å². The maximum atomic E-state index is 11.3. The number of carbonyl (C=O) groups is 1. The van der Waals surface area contributed by atoms with Crippen molar-refractivity contribution in [3.8, 4) is 28.7 Å². The number of anilines is 1. The Balaban J connectivity index is 1.33. The molecular formula is C26H25N9O2. The van der Waals surface area contributed by atoms with Crippen molar-refractivity contribution in [3.05, 3.63) is 71.7 Å². The van der Waals surface area contributed by atoms with E-state index in [9.17, 15) is 15.2 Å². The lowest BCUT2D eigenvalue weighted by Crippen LogP contribution is -2.27. The topological polar surface area (TPSA) is 160 Å². The molecule has 3 aromatic heterocycles. The van der Waals surface area contributed by atoms with Crippen molar-refractivity contribution in [2.24, 2.45) is 5.92 Å². The van der Waals surface area contributed by atoms with Gasteiger partial charge in [0.25, 0.3) is 0 Å². The number of likely N-dealkylation sites (tertiary alicyclic amines) is 1. The summed E-state index contributed by atoms with van der Waals surface area (Å²) in [6.45, 7) is 3.72. The number of rotatable bonds is 7. The van der Waals surface area contributed by atoms with Crippen LogP contribution in [0.3, 0.4) is 0 Å². The second-order valence-electron chi connectivity index (χ2n) is 9.04. The summed E-state index contributed by atoms with van der Waals surface area (Å²) in [7, 11) is 0. The van der Waals surface area contributed by atoms with Crippen LogP contribution in [0.15, 0.2) is 54.7 Å². The van der Waals surface area contributed by atoms with Crippen molar-refractivity contribution in [2.45, 2.75) is 25.9 Å². The van der Waals surface area contributed by atoms with Crippen LogP contribution in [0, 0.1) is 17.2 Å². The summed E-state index contributed by atoms with van der Waals surface area (Å²) in [4.78, 5) is 26.9. The smallest absolute Gasteiger partial charge is 0.307 e. The van der Waals surface area contributed by atoms with Gasteiger partial charge >= 0.3 is 5.97 Å². The normalized spacial score (nSPS) is 16.4. The third-order valence-corrected chi connectivity index (χ3v) is 6.53. The fourth-order valence-corrected chi connectivity index (χ4v) is 4.50. The molecule has 0 amide bonds. The van der Waals surface area contributed by atoms with Crippen LogP contribution in [-0.2, 0) is 11.3 Å². The summed E-state index contributed by atoms with van der Waals surface area (Å²) in [6.07, 6.45) is 2.42. The number of nitrogens with two attached hydrogens (primary N) is 1. The summed E-state index contributed by atoms with van der Waals surface area (Å²) in [5.74, 6) is -0.975. The van der Waals surface area contributed by atoms with E-state index >= 15 is 0 Å². The van der Waals surface area contributed by atoms with Crippen LogP contribution in [0.1, 0.15) is 36.3 Å². The van der Waals surface area contributed by atoms with Gasteiger partial charge in [0, 0.05) is 18.2 Å². The van der Waals surface area contributed by atoms with Crippen LogP contribution in [0.25, 0.3) is 22.6 Å². The predicted molar refractivity (Wildman–Crippen MR) is 135 cm³/mol. The van der Waals surface area contributed by atoms with Crippen LogP contribution >= 0.6 is 0 Å². The molecule has 4 heterocycles. The summed E-state index contributed by atoms with van der Waals surface area (Å²) < 4.78 is 1.68. The molecule has 1 unspecified atom stereocenters. The van der Waals surface area contributed by atoms with Gasteiger partial charge in [0.1, 0.15) is 5.69 Å². The number of carboxylic acid groups (broad SMARTS) is 1. The number of hydrogen-bond acceptors (Lipinski definition) is 9. The second kappa shape index (κ2) is 10.1. The van der Waals surface area contributed by atoms with Gasteiger partial charge in [-0.15, -0.1) is 5.10 Å². The Bertz CT molecular complexity index is 1490. The minimum absolute atomic E-state index is 0.0116. The number of nitrogens with zero attached hydrogens (tertiary/aromatic N) is 8. The second-order valence-corrected chi connectivity index (χ2v) is 9.04. The molecule has 186 valence electrons. The maximum absolute atomic E-state index is 11.3. The lowest BCUT2D eigenvalue weighted by atomic mass is 10.1. The molecule has 4 aromatic rings. The molecule has 11 heteroatoms. The van der Waals surface area contributed by atoms with Crippen LogP contribution in [0.4, 0.5) is 5.95 Å². The molecule has 1 aromatic carbocycles. The summed E-state index contributed by atoms with van der Waals surface area (Å²) >= 11 is 0. The van der Waals surface area contributed by atoms with Gasteiger partial charge in [-0.05, 0) is 50.2 Å². The highest BCUT2D eigenvalue weighted by atomic mass is 16.4. The van der Waals surface area contributed by atoms with E-state index in [1.54, 1.807) is 35.1 Å². The van der Waals surface area contributed by atoms with Crippen LogP contribution < -0.4 is 5.73 Å². The molecule has 37 heavy (non-hydrogen) atoms. The first-order valence-electron chi connectivity index (χ1n) is 11.9. The minimum atomic E-state index is -0.744. The van der Waals surface area contributed by atoms with E-state index in [-0.39, 0.29) is 17.9 Å². The van der Waals surface area contributed by atoms with E-state index < -0.39 is 5.97 Å². The largest absolute Gasteiger partial charge is 0.481 e. The van der Waals surface area contributed by atoms with Crippen molar-refractivity contribution in [2.75, 3.05) is 18.8 Å². The first-order valence-corrected chi connectivity index (χ1v) is 11.9. The lowest BCUT2D eigenvalue weighted by molar-refractivity contribution is -0.141. The molecule has 1 aliphatic rings.